The van der Waals surface area contributed by atoms with Gasteiger partial charge in [0, 0.05) is 37.6 Å². The third-order valence-corrected chi connectivity index (χ3v) is 9.26. The van der Waals surface area contributed by atoms with Crippen molar-refractivity contribution in [2.45, 2.75) is 62.9 Å². The molecule has 0 saturated heterocycles. The summed E-state index contributed by atoms with van der Waals surface area (Å²) in [6, 6.07) is 18.6. The van der Waals surface area contributed by atoms with Crippen molar-refractivity contribution in [3.8, 4) is 0 Å². The van der Waals surface area contributed by atoms with Gasteiger partial charge in [0.15, 0.2) is 0 Å². The van der Waals surface area contributed by atoms with Crippen LogP contribution in [0.2, 0.25) is 0 Å². The second-order valence-corrected chi connectivity index (χ2v) is 12.6. The molecule has 0 spiro atoms. The number of halogens is 1. The van der Waals surface area contributed by atoms with Crippen LogP contribution in [0.3, 0.4) is 0 Å². The maximum Gasteiger partial charge on any atom is 0.241 e. The normalized spacial score (nSPS) is 15.8. The van der Waals surface area contributed by atoms with Crippen molar-refractivity contribution in [2.75, 3.05) is 4.90 Å². The zero-order valence-electron chi connectivity index (χ0n) is 23.5. The van der Waals surface area contributed by atoms with E-state index in [9.17, 15) is 17.6 Å². The van der Waals surface area contributed by atoms with Gasteiger partial charge in [-0.3, -0.25) is 4.79 Å². The molecule has 0 aliphatic heterocycles. The van der Waals surface area contributed by atoms with Crippen LogP contribution >= 0.6 is 0 Å². The van der Waals surface area contributed by atoms with Crippen LogP contribution in [0.4, 0.5) is 10.1 Å². The standard InChI is InChI=1S/C32H35FN4O3S/c1-22-6-4-8-28(18-22)41(39,40)35-30-9-5-7-25-12-15-27(20-29(25)30)37(21-31-34-16-17-36(31)3)32(38)19-23(2)24-10-13-26(33)14-11-24/h4,6,8,10-18,20,23,30,35H,5,7,9,19,21H2,1-3H3/t23-,30-/m0/s1. The number of carbonyl (C=O) groups excluding carboxylic acids is 1. The number of rotatable bonds is 9. The summed E-state index contributed by atoms with van der Waals surface area (Å²) in [5.41, 5.74) is 4.39. The monoisotopic (exact) mass is 574 g/mol. The molecular weight excluding hydrogens is 539 g/mol. The number of hydrogen-bond acceptors (Lipinski definition) is 4. The number of sulfonamides is 1. The molecule has 0 unspecified atom stereocenters. The minimum atomic E-state index is -3.74. The van der Waals surface area contributed by atoms with Gasteiger partial charge in [-0.25, -0.2) is 22.5 Å². The largest absolute Gasteiger partial charge is 0.337 e. The van der Waals surface area contributed by atoms with E-state index < -0.39 is 16.1 Å². The highest BCUT2D eigenvalue weighted by atomic mass is 32.2. The van der Waals surface area contributed by atoms with Crippen LogP contribution in [0.25, 0.3) is 0 Å². The molecule has 1 aliphatic carbocycles. The summed E-state index contributed by atoms with van der Waals surface area (Å²) in [5, 5.41) is 0. The van der Waals surface area contributed by atoms with Crippen LogP contribution in [-0.2, 0) is 34.8 Å². The number of aryl methyl sites for hydroxylation is 3. The number of fused-ring (bicyclic) bond motifs is 1. The molecule has 2 atom stereocenters. The Hall–Kier alpha value is -3.82. The van der Waals surface area contributed by atoms with E-state index in [1.165, 1.54) is 12.1 Å². The van der Waals surface area contributed by atoms with Gasteiger partial charge in [-0.1, -0.05) is 37.3 Å². The van der Waals surface area contributed by atoms with Crippen LogP contribution in [0.1, 0.15) is 66.2 Å². The SMILES string of the molecule is Cc1cccc(S(=O)(=O)N[C@H]2CCCc3ccc(N(Cc4nccn4C)C(=O)C[C@H](C)c4ccc(F)cc4)cc32)c1. The molecule has 41 heavy (non-hydrogen) atoms. The number of benzene rings is 3. The predicted molar refractivity (Wildman–Crippen MR) is 157 cm³/mol. The summed E-state index contributed by atoms with van der Waals surface area (Å²) in [4.78, 5) is 20.2. The summed E-state index contributed by atoms with van der Waals surface area (Å²) in [6.45, 7) is 4.08. The van der Waals surface area contributed by atoms with Gasteiger partial charge >= 0.3 is 0 Å². The molecule has 214 valence electrons. The van der Waals surface area contributed by atoms with Gasteiger partial charge in [0.05, 0.1) is 11.4 Å². The second-order valence-electron chi connectivity index (χ2n) is 10.9. The van der Waals surface area contributed by atoms with Crippen molar-refractivity contribution in [2.24, 2.45) is 7.05 Å². The quantitative estimate of drug-likeness (QED) is 0.268. The average molecular weight is 575 g/mol. The Morgan fingerprint density at radius 2 is 1.93 bits per heavy atom. The van der Waals surface area contributed by atoms with E-state index in [1.807, 2.05) is 55.9 Å². The maximum absolute atomic E-state index is 13.8. The van der Waals surface area contributed by atoms with Gasteiger partial charge in [0.2, 0.25) is 15.9 Å². The Labute approximate surface area is 241 Å². The van der Waals surface area contributed by atoms with Gasteiger partial charge < -0.3 is 9.47 Å². The Morgan fingerprint density at radius 1 is 1.15 bits per heavy atom. The maximum atomic E-state index is 13.8. The molecule has 3 aromatic carbocycles. The summed E-state index contributed by atoms with van der Waals surface area (Å²) < 4.78 is 44.9. The molecule has 1 heterocycles. The van der Waals surface area contributed by atoms with Crippen LogP contribution < -0.4 is 9.62 Å². The first-order valence-electron chi connectivity index (χ1n) is 13.8. The molecule has 1 aliphatic rings. The number of imidazole rings is 1. The zero-order chi connectivity index (χ0) is 29.1. The number of amides is 1. The molecule has 1 aromatic heterocycles. The summed E-state index contributed by atoms with van der Waals surface area (Å²) in [7, 11) is -1.86. The summed E-state index contributed by atoms with van der Waals surface area (Å²) in [5.74, 6) is 0.184. The van der Waals surface area contributed by atoms with E-state index in [4.69, 9.17) is 0 Å². The lowest BCUT2D eigenvalue weighted by atomic mass is 9.87. The molecule has 1 amide bonds. The van der Waals surface area contributed by atoms with E-state index in [1.54, 1.807) is 41.4 Å². The first-order valence-corrected chi connectivity index (χ1v) is 15.3. The fourth-order valence-electron chi connectivity index (χ4n) is 5.41. The van der Waals surface area contributed by atoms with Crippen LogP contribution in [0.5, 0.6) is 0 Å². The fourth-order valence-corrected chi connectivity index (χ4v) is 6.76. The summed E-state index contributed by atoms with van der Waals surface area (Å²) in [6.07, 6.45) is 6.11. The third-order valence-electron chi connectivity index (χ3n) is 7.79. The van der Waals surface area contributed by atoms with Crippen molar-refractivity contribution in [1.29, 1.82) is 0 Å². The topological polar surface area (TPSA) is 84.3 Å². The fraction of sp³-hybridized carbons (Fsp3) is 0.312. The number of hydrogen-bond donors (Lipinski definition) is 1. The van der Waals surface area contributed by atoms with Gasteiger partial charge in [0.1, 0.15) is 11.6 Å². The van der Waals surface area contributed by atoms with Crippen LogP contribution in [0, 0.1) is 12.7 Å². The van der Waals surface area contributed by atoms with Crippen molar-refractivity contribution < 1.29 is 17.6 Å². The highest BCUT2D eigenvalue weighted by Gasteiger charge is 2.28. The second kappa shape index (κ2) is 12.0. The minimum absolute atomic E-state index is 0.0996. The Kier molecular flexibility index (Phi) is 8.37. The van der Waals surface area contributed by atoms with Gasteiger partial charge in [-0.15, -0.1) is 0 Å². The number of nitrogens with zero attached hydrogens (tertiary/aromatic N) is 3. The zero-order valence-corrected chi connectivity index (χ0v) is 24.4. The van der Waals surface area contributed by atoms with Crippen molar-refractivity contribution in [3.05, 3.63) is 113 Å². The summed E-state index contributed by atoms with van der Waals surface area (Å²) >= 11 is 0. The predicted octanol–water partition coefficient (Wildman–Crippen LogP) is 5.95. The lowest BCUT2D eigenvalue weighted by Gasteiger charge is -2.30. The lowest BCUT2D eigenvalue weighted by Crippen LogP contribution is -2.34. The van der Waals surface area contributed by atoms with E-state index in [-0.39, 0.29) is 35.5 Å². The minimum Gasteiger partial charge on any atom is -0.337 e. The van der Waals surface area contributed by atoms with Crippen molar-refractivity contribution in [1.82, 2.24) is 14.3 Å². The molecule has 0 fully saturated rings. The highest BCUT2D eigenvalue weighted by molar-refractivity contribution is 7.89. The van der Waals surface area contributed by atoms with Crippen LogP contribution in [-0.4, -0.2) is 23.9 Å². The van der Waals surface area contributed by atoms with E-state index in [0.29, 0.717) is 12.1 Å². The molecule has 9 heteroatoms. The van der Waals surface area contributed by atoms with Gasteiger partial charge in [0.25, 0.3) is 0 Å². The van der Waals surface area contributed by atoms with Gasteiger partial charge in [-0.05, 0) is 90.8 Å². The number of aromatic nitrogens is 2. The Morgan fingerprint density at radius 3 is 2.63 bits per heavy atom. The Balaban J connectivity index is 1.46. The number of nitrogens with one attached hydrogen (secondary N) is 1. The average Bonchev–Trinajstić information content (AvgIpc) is 3.36. The number of anilines is 1. The number of carbonyl (C=O) groups is 1. The van der Waals surface area contributed by atoms with E-state index in [0.717, 1.165) is 40.9 Å². The highest BCUT2D eigenvalue weighted by Crippen LogP contribution is 2.35. The molecule has 0 radical (unpaired) electrons. The van der Waals surface area contributed by atoms with Gasteiger partial charge in [-0.2, -0.15) is 0 Å². The molecular formula is C32H35FN4O3S. The van der Waals surface area contributed by atoms with Crippen LogP contribution in [0.15, 0.2) is 84.0 Å². The van der Waals surface area contributed by atoms with Crippen molar-refractivity contribution >= 4 is 21.6 Å². The molecule has 5 rings (SSSR count). The molecule has 0 saturated carbocycles. The first kappa shape index (κ1) is 28.7. The molecule has 7 nitrogen and oxygen atoms in total. The van der Waals surface area contributed by atoms with Crippen molar-refractivity contribution in [3.63, 3.8) is 0 Å². The first-order chi connectivity index (χ1) is 19.6. The molecule has 4 aromatic rings. The van der Waals surface area contributed by atoms with E-state index in [2.05, 4.69) is 9.71 Å². The Bertz CT molecular complexity index is 1650. The molecule has 1 N–H and O–H groups in total. The third kappa shape index (κ3) is 6.57. The molecule has 0 bridgehead atoms. The smallest absolute Gasteiger partial charge is 0.241 e. The van der Waals surface area contributed by atoms with E-state index >= 15 is 0 Å². The lowest BCUT2D eigenvalue weighted by molar-refractivity contribution is -0.119.